The van der Waals surface area contributed by atoms with Gasteiger partial charge in [-0.15, -0.1) is 0 Å². The summed E-state index contributed by atoms with van der Waals surface area (Å²) < 4.78 is 30.8. The standard InChI is InChI=1S/C18H15F2N3O2/c19-14-6-1-12(2-7-14)3-10-16(24)21-11-17-22-18(23-25-17)13-4-8-15(20)9-5-13/h1-2,4-9H,3,10-11H2,(H,21,24). The molecule has 0 saturated heterocycles. The Morgan fingerprint density at radius 2 is 1.64 bits per heavy atom. The van der Waals surface area contributed by atoms with E-state index in [-0.39, 0.29) is 36.4 Å². The van der Waals surface area contributed by atoms with E-state index < -0.39 is 0 Å². The summed E-state index contributed by atoms with van der Waals surface area (Å²) in [6.07, 6.45) is 0.779. The zero-order valence-corrected chi connectivity index (χ0v) is 13.2. The molecule has 0 bridgehead atoms. The van der Waals surface area contributed by atoms with Crippen molar-refractivity contribution >= 4 is 5.91 Å². The maximum atomic E-state index is 12.9. The third-order valence-corrected chi connectivity index (χ3v) is 3.56. The number of nitrogens with one attached hydrogen (secondary N) is 1. The largest absolute Gasteiger partial charge is 0.347 e. The number of aryl methyl sites for hydroxylation is 1. The van der Waals surface area contributed by atoms with Crippen LogP contribution >= 0.6 is 0 Å². The summed E-state index contributed by atoms with van der Waals surface area (Å²) in [7, 11) is 0. The quantitative estimate of drug-likeness (QED) is 0.746. The van der Waals surface area contributed by atoms with Crippen molar-refractivity contribution in [2.24, 2.45) is 0 Å². The van der Waals surface area contributed by atoms with Gasteiger partial charge in [0.1, 0.15) is 11.6 Å². The number of benzene rings is 2. The van der Waals surface area contributed by atoms with Crippen LogP contribution in [0.15, 0.2) is 53.1 Å². The summed E-state index contributed by atoms with van der Waals surface area (Å²) >= 11 is 0. The van der Waals surface area contributed by atoms with Crippen LogP contribution < -0.4 is 5.32 Å². The minimum atomic E-state index is -0.346. The molecule has 1 N–H and O–H groups in total. The van der Waals surface area contributed by atoms with Gasteiger partial charge in [0, 0.05) is 12.0 Å². The summed E-state index contributed by atoms with van der Waals surface area (Å²) in [5.74, 6) is -0.238. The van der Waals surface area contributed by atoms with Crippen LogP contribution in [-0.4, -0.2) is 16.0 Å². The maximum Gasteiger partial charge on any atom is 0.246 e. The van der Waals surface area contributed by atoms with E-state index in [1.807, 2.05) is 0 Å². The molecule has 0 radical (unpaired) electrons. The number of hydrogen-bond acceptors (Lipinski definition) is 4. The van der Waals surface area contributed by atoms with Crippen LogP contribution in [0.5, 0.6) is 0 Å². The minimum Gasteiger partial charge on any atom is -0.347 e. The van der Waals surface area contributed by atoms with E-state index in [9.17, 15) is 13.6 Å². The van der Waals surface area contributed by atoms with Gasteiger partial charge in [-0.3, -0.25) is 4.79 Å². The predicted molar refractivity (Wildman–Crippen MR) is 86.3 cm³/mol. The molecule has 3 aromatic rings. The van der Waals surface area contributed by atoms with E-state index in [4.69, 9.17) is 4.52 Å². The summed E-state index contributed by atoms with van der Waals surface area (Å²) in [6.45, 7) is 0.108. The average molecular weight is 343 g/mol. The summed E-state index contributed by atoms with van der Waals surface area (Å²) in [4.78, 5) is 16.0. The highest BCUT2D eigenvalue weighted by Crippen LogP contribution is 2.16. The lowest BCUT2D eigenvalue weighted by Crippen LogP contribution is -2.23. The van der Waals surface area contributed by atoms with E-state index in [1.165, 1.54) is 24.3 Å². The lowest BCUT2D eigenvalue weighted by molar-refractivity contribution is -0.121. The van der Waals surface area contributed by atoms with Crippen molar-refractivity contribution in [1.29, 1.82) is 0 Å². The molecule has 25 heavy (non-hydrogen) atoms. The van der Waals surface area contributed by atoms with Gasteiger partial charge in [-0.25, -0.2) is 8.78 Å². The lowest BCUT2D eigenvalue weighted by Gasteiger charge is -2.02. The monoisotopic (exact) mass is 343 g/mol. The fourth-order valence-corrected chi connectivity index (χ4v) is 2.21. The van der Waals surface area contributed by atoms with Crippen molar-refractivity contribution in [3.8, 4) is 11.4 Å². The van der Waals surface area contributed by atoms with Crippen molar-refractivity contribution < 1.29 is 18.1 Å². The number of carbonyl (C=O) groups excluding carboxylic acids is 1. The lowest BCUT2D eigenvalue weighted by atomic mass is 10.1. The highest BCUT2D eigenvalue weighted by molar-refractivity contribution is 5.76. The van der Waals surface area contributed by atoms with E-state index >= 15 is 0 Å². The van der Waals surface area contributed by atoms with Crippen molar-refractivity contribution in [2.75, 3.05) is 0 Å². The summed E-state index contributed by atoms with van der Waals surface area (Å²) in [6, 6.07) is 11.7. The number of carbonyl (C=O) groups is 1. The molecule has 0 aliphatic heterocycles. The Hall–Kier alpha value is -3.09. The van der Waals surface area contributed by atoms with Crippen LogP contribution in [-0.2, 0) is 17.8 Å². The molecule has 1 aromatic heterocycles. The molecule has 2 aromatic carbocycles. The molecule has 0 aliphatic carbocycles. The Labute approximate surface area is 142 Å². The predicted octanol–water partition coefficient (Wildman–Crippen LogP) is 3.26. The van der Waals surface area contributed by atoms with Crippen LogP contribution in [0.1, 0.15) is 17.9 Å². The molecule has 0 spiro atoms. The molecule has 7 heteroatoms. The molecule has 1 heterocycles. The topological polar surface area (TPSA) is 68.0 Å². The molecular weight excluding hydrogens is 328 g/mol. The number of amides is 1. The van der Waals surface area contributed by atoms with E-state index in [0.717, 1.165) is 5.56 Å². The number of halogens is 2. The second kappa shape index (κ2) is 7.65. The molecule has 0 atom stereocenters. The maximum absolute atomic E-state index is 12.9. The van der Waals surface area contributed by atoms with Gasteiger partial charge in [0.2, 0.25) is 17.6 Å². The van der Waals surface area contributed by atoms with Gasteiger partial charge in [-0.2, -0.15) is 4.98 Å². The zero-order chi connectivity index (χ0) is 17.6. The number of hydrogen-bond donors (Lipinski definition) is 1. The molecule has 3 rings (SSSR count). The highest BCUT2D eigenvalue weighted by Gasteiger charge is 2.10. The van der Waals surface area contributed by atoms with Crippen LogP contribution in [0.25, 0.3) is 11.4 Å². The van der Waals surface area contributed by atoms with Crippen LogP contribution in [0.4, 0.5) is 8.78 Å². The molecule has 0 unspecified atom stereocenters. The van der Waals surface area contributed by atoms with Gasteiger partial charge < -0.3 is 9.84 Å². The zero-order valence-electron chi connectivity index (χ0n) is 13.2. The first-order valence-electron chi connectivity index (χ1n) is 7.70. The molecule has 0 fully saturated rings. The fraction of sp³-hybridized carbons (Fsp3) is 0.167. The molecule has 0 saturated carbocycles. The third-order valence-electron chi connectivity index (χ3n) is 3.56. The van der Waals surface area contributed by atoms with Gasteiger partial charge in [0.25, 0.3) is 0 Å². The Bertz CT molecular complexity index is 846. The van der Waals surface area contributed by atoms with Crippen molar-refractivity contribution in [2.45, 2.75) is 19.4 Å². The van der Waals surface area contributed by atoms with Crippen LogP contribution in [0.3, 0.4) is 0 Å². The molecule has 1 amide bonds. The van der Waals surface area contributed by atoms with E-state index in [2.05, 4.69) is 15.5 Å². The average Bonchev–Trinajstić information content (AvgIpc) is 3.09. The van der Waals surface area contributed by atoms with Gasteiger partial charge in [0.05, 0.1) is 6.54 Å². The molecule has 128 valence electrons. The first-order chi connectivity index (χ1) is 12.1. The fourth-order valence-electron chi connectivity index (χ4n) is 2.21. The number of rotatable bonds is 6. The Morgan fingerprint density at radius 3 is 2.32 bits per heavy atom. The minimum absolute atomic E-state index is 0.108. The first kappa shape index (κ1) is 16.8. The third kappa shape index (κ3) is 4.69. The van der Waals surface area contributed by atoms with Gasteiger partial charge in [-0.05, 0) is 48.4 Å². The number of nitrogens with zero attached hydrogens (tertiary/aromatic N) is 2. The van der Waals surface area contributed by atoms with Crippen LogP contribution in [0.2, 0.25) is 0 Å². The Kier molecular flexibility index (Phi) is 5.13. The second-order valence-corrected chi connectivity index (χ2v) is 5.42. The first-order valence-corrected chi connectivity index (χ1v) is 7.70. The Morgan fingerprint density at radius 1 is 1.00 bits per heavy atom. The normalized spacial score (nSPS) is 10.6. The smallest absolute Gasteiger partial charge is 0.246 e. The second-order valence-electron chi connectivity index (χ2n) is 5.42. The molecule has 5 nitrogen and oxygen atoms in total. The van der Waals surface area contributed by atoms with Crippen LogP contribution in [0, 0.1) is 11.6 Å². The SMILES string of the molecule is O=C(CCc1ccc(F)cc1)NCc1nc(-c2ccc(F)cc2)no1. The summed E-state index contributed by atoms with van der Waals surface area (Å²) in [5.41, 5.74) is 1.51. The van der Waals surface area contributed by atoms with Gasteiger partial charge in [-0.1, -0.05) is 17.3 Å². The highest BCUT2D eigenvalue weighted by atomic mass is 19.1. The van der Waals surface area contributed by atoms with E-state index in [0.29, 0.717) is 17.8 Å². The summed E-state index contributed by atoms with van der Waals surface area (Å²) in [5, 5.41) is 6.49. The van der Waals surface area contributed by atoms with Crippen molar-refractivity contribution in [1.82, 2.24) is 15.5 Å². The Balaban J connectivity index is 1.49. The molecule has 0 aliphatic rings. The number of aromatic nitrogens is 2. The van der Waals surface area contributed by atoms with Crippen molar-refractivity contribution in [3.63, 3.8) is 0 Å². The van der Waals surface area contributed by atoms with Crippen molar-refractivity contribution in [3.05, 3.63) is 71.6 Å². The van der Waals surface area contributed by atoms with Gasteiger partial charge >= 0.3 is 0 Å². The van der Waals surface area contributed by atoms with Gasteiger partial charge in [0.15, 0.2) is 0 Å². The van der Waals surface area contributed by atoms with E-state index in [1.54, 1.807) is 24.3 Å². The molecular formula is C18H15F2N3O2.